The molecule has 1 N–H and O–H groups in total. The summed E-state index contributed by atoms with van der Waals surface area (Å²) in [4.78, 5) is 12.3. The van der Waals surface area contributed by atoms with Crippen LogP contribution in [0.3, 0.4) is 0 Å². The Kier molecular flexibility index (Phi) is 5.40. The van der Waals surface area contributed by atoms with E-state index in [4.69, 9.17) is 44.3 Å². The van der Waals surface area contributed by atoms with Gasteiger partial charge in [-0.05, 0) is 18.2 Å². The molecule has 0 saturated carbocycles. The maximum atomic E-state index is 12.3. The lowest BCUT2D eigenvalue weighted by Gasteiger charge is -2.13. The first-order valence-corrected chi connectivity index (χ1v) is 7.27. The average Bonchev–Trinajstić information content (AvgIpc) is 2.47. The summed E-state index contributed by atoms with van der Waals surface area (Å²) in [5.74, 6) is 0.446. The van der Waals surface area contributed by atoms with Gasteiger partial charge in [0.1, 0.15) is 11.5 Å². The van der Waals surface area contributed by atoms with Crippen molar-refractivity contribution in [1.82, 2.24) is 0 Å². The van der Waals surface area contributed by atoms with Crippen molar-refractivity contribution in [3.05, 3.63) is 51.0 Å². The minimum atomic E-state index is -0.382. The van der Waals surface area contributed by atoms with Gasteiger partial charge >= 0.3 is 0 Å². The maximum absolute atomic E-state index is 12.3. The van der Waals surface area contributed by atoms with E-state index < -0.39 is 0 Å². The molecule has 7 heteroatoms. The van der Waals surface area contributed by atoms with Crippen molar-refractivity contribution in [1.29, 1.82) is 0 Å². The van der Waals surface area contributed by atoms with Gasteiger partial charge in [-0.3, -0.25) is 4.79 Å². The first-order valence-electron chi connectivity index (χ1n) is 6.13. The third-order valence-electron chi connectivity index (χ3n) is 2.85. The third-order valence-corrected chi connectivity index (χ3v) is 3.58. The van der Waals surface area contributed by atoms with E-state index in [2.05, 4.69) is 5.32 Å². The molecule has 0 unspecified atom stereocenters. The molecule has 0 bridgehead atoms. The van der Waals surface area contributed by atoms with Gasteiger partial charge in [0, 0.05) is 27.7 Å². The Bertz CT molecular complexity index is 699. The zero-order valence-corrected chi connectivity index (χ0v) is 14.0. The summed E-state index contributed by atoms with van der Waals surface area (Å²) in [5, 5.41) is 3.84. The number of hydrogen-bond donors (Lipinski definition) is 1. The van der Waals surface area contributed by atoms with E-state index in [0.717, 1.165) is 0 Å². The molecule has 0 saturated heterocycles. The van der Waals surface area contributed by atoms with Crippen LogP contribution in [-0.2, 0) is 0 Å². The second kappa shape index (κ2) is 7.09. The number of halogens is 3. The summed E-state index contributed by atoms with van der Waals surface area (Å²) in [6.07, 6.45) is 0. The number of carbonyl (C=O) groups is 1. The molecule has 0 aliphatic carbocycles. The number of benzene rings is 2. The van der Waals surface area contributed by atoms with Crippen molar-refractivity contribution in [2.24, 2.45) is 0 Å². The molecule has 0 aliphatic rings. The van der Waals surface area contributed by atoms with Crippen molar-refractivity contribution < 1.29 is 14.3 Å². The van der Waals surface area contributed by atoms with Crippen molar-refractivity contribution in [3.63, 3.8) is 0 Å². The lowest BCUT2D eigenvalue weighted by molar-refractivity contribution is 0.102. The molecule has 2 aromatic rings. The molecule has 0 fully saturated rings. The quantitative estimate of drug-likeness (QED) is 0.842. The molecule has 116 valence electrons. The molecule has 0 aromatic heterocycles. The van der Waals surface area contributed by atoms with Crippen molar-refractivity contribution in [2.45, 2.75) is 0 Å². The molecule has 4 nitrogen and oxygen atoms in total. The number of methoxy groups -OCH3 is 2. The van der Waals surface area contributed by atoms with Crippen molar-refractivity contribution in [2.75, 3.05) is 19.5 Å². The van der Waals surface area contributed by atoms with E-state index >= 15 is 0 Å². The number of ether oxygens (including phenoxy) is 2. The first kappa shape index (κ1) is 16.7. The van der Waals surface area contributed by atoms with Crippen LogP contribution in [0.5, 0.6) is 11.5 Å². The van der Waals surface area contributed by atoms with Crippen LogP contribution in [0.25, 0.3) is 0 Å². The number of hydrogen-bond acceptors (Lipinski definition) is 3. The minimum Gasteiger partial charge on any atom is -0.495 e. The number of nitrogens with one attached hydrogen (secondary N) is 1. The highest BCUT2D eigenvalue weighted by Gasteiger charge is 2.14. The molecule has 0 atom stereocenters. The number of rotatable bonds is 4. The molecule has 2 rings (SSSR count). The van der Waals surface area contributed by atoms with E-state index in [1.54, 1.807) is 18.2 Å². The molecule has 0 radical (unpaired) electrons. The zero-order chi connectivity index (χ0) is 16.3. The van der Waals surface area contributed by atoms with E-state index in [9.17, 15) is 4.79 Å². The van der Waals surface area contributed by atoms with Crippen LogP contribution < -0.4 is 14.8 Å². The largest absolute Gasteiger partial charge is 0.495 e. The van der Waals surface area contributed by atoms with Crippen molar-refractivity contribution in [3.8, 4) is 11.5 Å². The van der Waals surface area contributed by atoms with Crippen LogP contribution in [0, 0.1) is 0 Å². The first-order chi connectivity index (χ1) is 10.4. The van der Waals surface area contributed by atoms with Crippen LogP contribution in [-0.4, -0.2) is 20.1 Å². The van der Waals surface area contributed by atoms with E-state index in [1.165, 1.54) is 26.4 Å². The second-order valence-electron chi connectivity index (χ2n) is 4.30. The van der Waals surface area contributed by atoms with E-state index in [-0.39, 0.29) is 5.91 Å². The summed E-state index contributed by atoms with van der Waals surface area (Å²) >= 11 is 17.8. The fourth-order valence-corrected chi connectivity index (χ4v) is 2.59. The molecule has 1 amide bonds. The molecule has 0 heterocycles. The van der Waals surface area contributed by atoms with Gasteiger partial charge in [-0.25, -0.2) is 0 Å². The minimum absolute atomic E-state index is 0.327. The predicted molar refractivity (Wildman–Crippen MR) is 89.0 cm³/mol. The zero-order valence-electron chi connectivity index (χ0n) is 11.7. The van der Waals surface area contributed by atoms with Crippen LogP contribution >= 0.6 is 34.8 Å². The van der Waals surface area contributed by atoms with Gasteiger partial charge in [0.15, 0.2) is 0 Å². The van der Waals surface area contributed by atoms with Gasteiger partial charge in [-0.1, -0.05) is 34.8 Å². The monoisotopic (exact) mass is 359 g/mol. The fraction of sp³-hybridized carbons (Fsp3) is 0.133. The Morgan fingerprint density at radius 3 is 2.05 bits per heavy atom. The van der Waals surface area contributed by atoms with Gasteiger partial charge in [0.2, 0.25) is 0 Å². The summed E-state index contributed by atoms with van der Waals surface area (Å²) < 4.78 is 10.3. The summed E-state index contributed by atoms with van der Waals surface area (Å²) in [6.45, 7) is 0. The van der Waals surface area contributed by atoms with Crippen LogP contribution in [0.4, 0.5) is 5.69 Å². The van der Waals surface area contributed by atoms with Gasteiger partial charge in [-0.15, -0.1) is 0 Å². The highest BCUT2D eigenvalue weighted by atomic mass is 35.5. The van der Waals surface area contributed by atoms with Gasteiger partial charge in [0.25, 0.3) is 5.91 Å². The molecule has 22 heavy (non-hydrogen) atoms. The number of amides is 1. The van der Waals surface area contributed by atoms with Crippen LogP contribution in [0.2, 0.25) is 15.1 Å². The van der Waals surface area contributed by atoms with Gasteiger partial charge in [0.05, 0.1) is 24.9 Å². The molecular formula is C15H12Cl3NO3. The number of carbonyl (C=O) groups excluding carboxylic acids is 1. The average molecular weight is 361 g/mol. The van der Waals surface area contributed by atoms with Gasteiger partial charge in [-0.2, -0.15) is 0 Å². The SMILES string of the molecule is COc1cc(NC(=O)c2cc(Cl)cc(Cl)c2)c(OC)cc1Cl. The van der Waals surface area contributed by atoms with Gasteiger partial charge < -0.3 is 14.8 Å². The maximum Gasteiger partial charge on any atom is 0.255 e. The topological polar surface area (TPSA) is 47.6 Å². The normalized spacial score (nSPS) is 10.2. The fourth-order valence-electron chi connectivity index (χ4n) is 1.84. The van der Waals surface area contributed by atoms with Crippen LogP contribution in [0.1, 0.15) is 10.4 Å². The molecule has 0 spiro atoms. The third kappa shape index (κ3) is 3.77. The summed E-state index contributed by atoms with van der Waals surface area (Å²) in [7, 11) is 2.96. The Morgan fingerprint density at radius 1 is 0.909 bits per heavy atom. The Balaban J connectivity index is 2.35. The lowest BCUT2D eigenvalue weighted by atomic mass is 10.2. The highest BCUT2D eigenvalue weighted by Crippen LogP contribution is 2.36. The van der Waals surface area contributed by atoms with Crippen LogP contribution in [0.15, 0.2) is 30.3 Å². The smallest absolute Gasteiger partial charge is 0.255 e. The summed E-state index contributed by atoms with van der Waals surface area (Å²) in [5.41, 5.74) is 0.748. The lowest BCUT2D eigenvalue weighted by Crippen LogP contribution is -2.13. The number of anilines is 1. The molecular weight excluding hydrogens is 349 g/mol. The second-order valence-corrected chi connectivity index (χ2v) is 5.58. The molecule has 0 aliphatic heterocycles. The Labute approximate surface area is 142 Å². The predicted octanol–water partition coefficient (Wildman–Crippen LogP) is 4.92. The summed E-state index contributed by atoms with van der Waals surface area (Å²) in [6, 6.07) is 7.71. The van der Waals surface area contributed by atoms with E-state index in [1.807, 2.05) is 0 Å². The Morgan fingerprint density at radius 2 is 1.50 bits per heavy atom. The van der Waals surface area contributed by atoms with E-state index in [0.29, 0.717) is 37.8 Å². The molecule has 2 aromatic carbocycles. The highest BCUT2D eigenvalue weighted by molar-refractivity contribution is 6.35. The standard InChI is InChI=1S/C15H12Cl3NO3/c1-21-13-7-12(14(22-2)6-11(13)18)19-15(20)8-3-9(16)5-10(17)4-8/h3-7H,1-2H3,(H,19,20). The Hall–Kier alpha value is -1.62. The van der Waals surface area contributed by atoms with Crippen molar-refractivity contribution >= 4 is 46.4 Å².